The number of halogens is 3. The van der Waals surface area contributed by atoms with Gasteiger partial charge >= 0.3 is 12.1 Å². The number of hydrogen-bond acceptors (Lipinski definition) is 6. The van der Waals surface area contributed by atoms with Gasteiger partial charge in [-0.2, -0.15) is 13.2 Å². The van der Waals surface area contributed by atoms with Crippen molar-refractivity contribution < 1.29 is 41.3 Å². The molecule has 0 saturated carbocycles. The molecular weight excluding hydrogens is 439 g/mol. The first kappa shape index (κ1) is 24.5. The Bertz CT molecular complexity index is 1050. The highest BCUT2D eigenvalue weighted by atomic mass is 32.2. The largest absolute Gasteiger partial charge is 0.507 e. The van der Waals surface area contributed by atoms with Gasteiger partial charge in [-0.05, 0) is 54.7 Å². The number of ether oxygens (including phenoxy) is 1. The number of aliphatic hydroxyl groups excluding tert-OH is 1. The summed E-state index contributed by atoms with van der Waals surface area (Å²) in [6.45, 7) is 1.83. The topological polar surface area (TPSA) is 113 Å². The fourth-order valence-corrected chi connectivity index (χ4v) is 3.92. The number of phenolic OH excluding ortho intramolecular Hbond substituents is 1. The molecule has 0 heterocycles. The normalized spacial score (nSPS) is 13.0. The minimum absolute atomic E-state index is 0.0410. The van der Waals surface area contributed by atoms with Gasteiger partial charge in [-0.15, -0.1) is 0 Å². The summed E-state index contributed by atoms with van der Waals surface area (Å²) in [5, 5.41) is 19.0. The van der Waals surface area contributed by atoms with Gasteiger partial charge in [0, 0.05) is 0 Å². The molecule has 0 aromatic heterocycles. The zero-order chi connectivity index (χ0) is 23.4. The van der Waals surface area contributed by atoms with Gasteiger partial charge in [0.15, 0.2) is 0 Å². The smallest absolute Gasteiger partial charge is 0.414 e. The zero-order valence-electron chi connectivity index (χ0n) is 16.7. The molecule has 2 aromatic carbocycles. The van der Waals surface area contributed by atoms with Crippen LogP contribution in [0.5, 0.6) is 5.75 Å². The molecule has 170 valence electrons. The molecule has 1 unspecified atom stereocenters. The molecule has 7 nitrogen and oxygen atoms in total. The second-order valence-corrected chi connectivity index (χ2v) is 8.40. The number of aromatic hydroxyl groups is 1. The number of anilines is 1. The first-order valence-corrected chi connectivity index (χ1v) is 10.7. The highest BCUT2D eigenvalue weighted by Gasteiger charge is 2.37. The number of alkyl halides is 3. The van der Waals surface area contributed by atoms with Crippen molar-refractivity contribution in [1.82, 2.24) is 0 Å². The van der Waals surface area contributed by atoms with Crippen molar-refractivity contribution in [2.75, 3.05) is 11.8 Å². The van der Waals surface area contributed by atoms with Crippen LogP contribution in [0, 0.1) is 0 Å². The molecule has 11 heteroatoms. The number of esters is 1. The van der Waals surface area contributed by atoms with Gasteiger partial charge in [0.1, 0.15) is 17.4 Å². The average Bonchev–Trinajstić information content (AvgIpc) is 2.71. The molecule has 0 bridgehead atoms. The Morgan fingerprint density at radius 3 is 2.45 bits per heavy atom. The zero-order valence-corrected chi connectivity index (χ0v) is 17.5. The maximum absolute atomic E-state index is 12.8. The minimum Gasteiger partial charge on any atom is -0.507 e. The number of methoxy groups -OCH3 is 1. The SMILES string of the molecule is CCc1ccc(NS(=O)(=O)c2ccc(O)c(C(=O)OC)c2)c(CCC(O)C(F)(F)F)c1. The van der Waals surface area contributed by atoms with Gasteiger partial charge < -0.3 is 14.9 Å². The fourth-order valence-electron chi connectivity index (χ4n) is 2.79. The third-order valence-electron chi connectivity index (χ3n) is 4.57. The summed E-state index contributed by atoms with van der Waals surface area (Å²) < 4.78 is 70.3. The van der Waals surface area contributed by atoms with Crippen molar-refractivity contribution in [3.05, 3.63) is 53.1 Å². The van der Waals surface area contributed by atoms with Crippen LogP contribution < -0.4 is 4.72 Å². The van der Waals surface area contributed by atoms with E-state index in [2.05, 4.69) is 9.46 Å². The number of hydrogen-bond donors (Lipinski definition) is 3. The summed E-state index contributed by atoms with van der Waals surface area (Å²) in [7, 11) is -3.19. The number of phenols is 1. The van der Waals surface area contributed by atoms with Gasteiger partial charge in [-0.25, -0.2) is 13.2 Å². The van der Waals surface area contributed by atoms with Gasteiger partial charge in [-0.1, -0.05) is 19.1 Å². The van der Waals surface area contributed by atoms with E-state index in [1.54, 1.807) is 12.1 Å². The first-order chi connectivity index (χ1) is 14.4. The van der Waals surface area contributed by atoms with Crippen molar-refractivity contribution in [2.45, 2.75) is 43.4 Å². The number of aliphatic hydroxyl groups is 1. The lowest BCUT2D eigenvalue weighted by Gasteiger charge is -2.17. The van der Waals surface area contributed by atoms with Crippen LogP contribution in [0.2, 0.25) is 0 Å². The van der Waals surface area contributed by atoms with Crippen LogP contribution in [0.3, 0.4) is 0 Å². The highest BCUT2D eigenvalue weighted by Crippen LogP contribution is 2.28. The molecule has 0 spiro atoms. The summed E-state index contributed by atoms with van der Waals surface area (Å²) in [4.78, 5) is 11.4. The Hall–Kier alpha value is -2.79. The minimum atomic E-state index is -4.78. The summed E-state index contributed by atoms with van der Waals surface area (Å²) in [5.74, 6) is -1.41. The lowest BCUT2D eigenvalue weighted by atomic mass is 10.0. The van der Waals surface area contributed by atoms with Crippen LogP contribution in [0.4, 0.5) is 18.9 Å². The van der Waals surface area contributed by atoms with Crippen LogP contribution in [0.15, 0.2) is 41.3 Å². The van der Waals surface area contributed by atoms with Crippen molar-refractivity contribution in [1.29, 1.82) is 0 Å². The molecular formula is C20H22F3NO6S. The standard InChI is InChI=1S/C20H22F3NO6S/c1-3-12-4-7-16(13(10-12)5-9-18(26)20(21,22)23)24-31(28,29)14-6-8-17(25)15(11-14)19(27)30-2/h4,6-8,10-11,18,24-26H,3,5,9H2,1-2H3. The molecule has 2 aromatic rings. The number of sulfonamides is 1. The second kappa shape index (κ2) is 9.56. The Kier molecular flexibility index (Phi) is 7.55. The lowest BCUT2D eigenvalue weighted by molar-refractivity contribution is -0.205. The number of benzene rings is 2. The highest BCUT2D eigenvalue weighted by molar-refractivity contribution is 7.92. The predicted octanol–water partition coefficient (Wildman–Crippen LogP) is 3.40. The molecule has 0 radical (unpaired) electrons. The number of rotatable bonds is 8. The van der Waals surface area contributed by atoms with E-state index < -0.39 is 40.4 Å². The van der Waals surface area contributed by atoms with Crippen molar-refractivity contribution in [3.63, 3.8) is 0 Å². The third kappa shape index (κ3) is 6.11. The van der Waals surface area contributed by atoms with Crippen LogP contribution in [0.1, 0.15) is 34.8 Å². The molecule has 1 atom stereocenters. The van der Waals surface area contributed by atoms with Crippen molar-refractivity contribution in [2.24, 2.45) is 0 Å². The predicted molar refractivity (Wildman–Crippen MR) is 106 cm³/mol. The lowest BCUT2D eigenvalue weighted by Crippen LogP contribution is -2.29. The molecule has 0 aliphatic rings. The van der Waals surface area contributed by atoms with E-state index in [0.29, 0.717) is 6.42 Å². The van der Waals surface area contributed by atoms with Gasteiger partial charge in [-0.3, -0.25) is 4.72 Å². The van der Waals surface area contributed by atoms with Crippen molar-refractivity contribution >= 4 is 21.7 Å². The molecule has 0 amide bonds. The number of carbonyl (C=O) groups is 1. The van der Waals surface area contributed by atoms with Crippen LogP contribution in [-0.2, 0) is 27.6 Å². The van der Waals surface area contributed by atoms with Crippen molar-refractivity contribution in [3.8, 4) is 5.75 Å². The molecule has 31 heavy (non-hydrogen) atoms. The fraction of sp³-hybridized carbons (Fsp3) is 0.350. The van der Waals surface area contributed by atoms with Gasteiger partial charge in [0.25, 0.3) is 10.0 Å². The van der Waals surface area contributed by atoms with E-state index in [4.69, 9.17) is 0 Å². The number of carbonyl (C=O) groups excluding carboxylic acids is 1. The summed E-state index contributed by atoms with van der Waals surface area (Å²) >= 11 is 0. The number of aryl methyl sites for hydroxylation is 2. The number of nitrogens with one attached hydrogen (secondary N) is 1. The molecule has 2 rings (SSSR count). The average molecular weight is 461 g/mol. The molecule has 0 aliphatic heterocycles. The second-order valence-electron chi connectivity index (χ2n) is 6.72. The van der Waals surface area contributed by atoms with Crippen LogP contribution >= 0.6 is 0 Å². The van der Waals surface area contributed by atoms with E-state index in [1.165, 1.54) is 6.07 Å². The monoisotopic (exact) mass is 461 g/mol. The Labute approximate surface area is 177 Å². The Balaban J connectivity index is 2.37. The third-order valence-corrected chi connectivity index (χ3v) is 5.93. The van der Waals surface area contributed by atoms with E-state index in [1.807, 2.05) is 6.92 Å². The van der Waals surface area contributed by atoms with Gasteiger partial charge in [0.05, 0.1) is 17.7 Å². The van der Waals surface area contributed by atoms with E-state index in [-0.39, 0.29) is 28.1 Å². The van der Waals surface area contributed by atoms with Gasteiger partial charge in [0.2, 0.25) is 0 Å². The Morgan fingerprint density at radius 2 is 1.87 bits per heavy atom. The molecule has 0 saturated heterocycles. The first-order valence-electron chi connectivity index (χ1n) is 9.19. The quantitative estimate of drug-likeness (QED) is 0.520. The maximum atomic E-state index is 12.8. The van der Waals surface area contributed by atoms with E-state index in [9.17, 15) is 36.6 Å². The van der Waals surface area contributed by atoms with Crippen LogP contribution in [0.25, 0.3) is 0 Å². The van der Waals surface area contributed by atoms with Crippen LogP contribution in [-0.4, -0.2) is 44.0 Å². The van der Waals surface area contributed by atoms with E-state index in [0.717, 1.165) is 30.9 Å². The molecule has 3 N–H and O–H groups in total. The molecule has 0 aliphatic carbocycles. The summed E-state index contributed by atoms with van der Waals surface area (Å²) in [5.41, 5.74) is 0.731. The maximum Gasteiger partial charge on any atom is 0.414 e. The van der Waals surface area contributed by atoms with E-state index >= 15 is 0 Å². The Morgan fingerprint density at radius 1 is 1.19 bits per heavy atom. The molecule has 0 fully saturated rings. The summed E-state index contributed by atoms with van der Waals surface area (Å²) in [6, 6.07) is 7.62. The summed E-state index contributed by atoms with van der Waals surface area (Å²) in [6.07, 6.45) is -7.62.